The Morgan fingerprint density at radius 1 is 1.00 bits per heavy atom. The number of nitrogens with zero attached hydrogens (tertiary/aromatic N) is 1. The number of hydrogen-bond donors (Lipinski definition) is 3. The van der Waals surface area contributed by atoms with Gasteiger partial charge in [-0.2, -0.15) is 13.2 Å². The van der Waals surface area contributed by atoms with Crippen molar-refractivity contribution in [2.75, 3.05) is 10.6 Å². The van der Waals surface area contributed by atoms with Gasteiger partial charge in [-0.15, -0.1) is 0 Å². The second-order valence-electron chi connectivity index (χ2n) is 7.98. The SMILES string of the molecule is CC(NC(=S)Nc1ccc(NC(=O)Oc2nccc3ccccc23)c(C(F)(F)F)c1)c1ccc(F)cc1. The van der Waals surface area contributed by atoms with E-state index in [0.29, 0.717) is 5.39 Å². The van der Waals surface area contributed by atoms with Gasteiger partial charge in [0.1, 0.15) is 5.82 Å². The number of benzene rings is 3. The van der Waals surface area contributed by atoms with Crippen molar-refractivity contribution in [1.82, 2.24) is 10.3 Å². The number of pyridine rings is 1. The molecule has 0 bridgehead atoms. The first-order valence-corrected chi connectivity index (χ1v) is 11.4. The molecule has 190 valence electrons. The molecule has 3 aromatic carbocycles. The smallest absolute Gasteiger partial charge is 0.390 e. The predicted octanol–water partition coefficient (Wildman–Crippen LogP) is 7.05. The quantitative estimate of drug-likeness (QED) is 0.190. The first kappa shape index (κ1) is 25.8. The molecule has 3 N–H and O–H groups in total. The topological polar surface area (TPSA) is 75.3 Å². The summed E-state index contributed by atoms with van der Waals surface area (Å²) in [6.45, 7) is 1.77. The van der Waals surface area contributed by atoms with E-state index in [1.54, 1.807) is 49.4 Å². The van der Waals surface area contributed by atoms with Crippen LogP contribution in [0.1, 0.15) is 24.1 Å². The highest BCUT2D eigenvalue weighted by Gasteiger charge is 2.34. The van der Waals surface area contributed by atoms with Gasteiger partial charge in [-0.1, -0.05) is 30.3 Å². The molecule has 0 saturated carbocycles. The molecule has 37 heavy (non-hydrogen) atoms. The second-order valence-corrected chi connectivity index (χ2v) is 8.39. The Hall–Kier alpha value is -4.25. The lowest BCUT2D eigenvalue weighted by Gasteiger charge is -2.19. The maximum absolute atomic E-state index is 13.8. The van der Waals surface area contributed by atoms with Gasteiger partial charge in [-0.05, 0) is 72.6 Å². The van der Waals surface area contributed by atoms with Crippen molar-refractivity contribution in [3.05, 3.63) is 95.9 Å². The molecule has 0 aliphatic rings. The number of nitrogens with one attached hydrogen (secondary N) is 3. The van der Waals surface area contributed by atoms with Gasteiger partial charge in [0.25, 0.3) is 0 Å². The molecule has 0 fully saturated rings. The van der Waals surface area contributed by atoms with Gasteiger partial charge in [-0.3, -0.25) is 5.32 Å². The van der Waals surface area contributed by atoms with E-state index in [9.17, 15) is 22.4 Å². The molecule has 0 aliphatic carbocycles. The zero-order valence-electron chi connectivity index (χ0n) is 19.3. The molecule has 1 heterocycles. The molecular weight excluding hydrogens is 508 g/mol. The summed E-state index contributed by atoms with van der Waals surface area (Å²) < 4.78 is 59.7. The number of alkyl halides is 3. The molecule has 1 amide bonds. The fourth-order valence-electron chi connectivity index (χ4n) is 3.56. The lowest BCUT2D eigenvalue weighted by Crippen LogP contribution is -2.31. The molecule has 1 aromatic heterocycles. The Labute approximate surface area is 214 Å². The minimum atomic E-state index is -4.78. The van der Waals surface area contributed by atoms with Crippen LogP contribution in [0.25, 0.3) is 10.8 Å². The number of fused-ring (bicyclic) bond motifs is 1. The molecule has 6 nitrogen and oxygen atoms in total. The third kappa shape index (κ3) is 6.50. The van der Waals surface area contributed by atoms with E-state index in [2.05, 4.69) is 20.9 Å². The number of rotatable bonds is 5. The van der Waals surface area contributed by atoms with Crippen molar-refractivity contribution in [1.29, 1.82) is 0 Å². The van der Waals surface area contributed by atoms with Crippen molar-refractivity contribution in [3.63, 3.8) is 0 Å². The van der Waals surface area contributed by atoms with Crippen LogP contribution >= 0.6 is 12.2 Å². The molecule has 4 rings (SSSR count). The van der Waals surface area contributed by atoms with Crippen LogP contribution in [0, 0.1) is 5.82 Å². The number of carbonyl (C=O) groups is 1. The Kier molecular flexibility index (Phi) is 7.53. The van der Waals surface area contributed by atoms with Crippen LogP contribution in [0.15, 0.2) is 79.0 Å². The first-order valence-electron chi connectivity index (χ1n) is 11.0. The van der Waals surface area contributed by atoms with E-state index in [-0.39, 0.29) is 28.5 Å². The summed E-state index contributed by atoms with van der Waals surface area (Å²) in [5, 5.41) is 9.12. The molecule has 1 atom stereocenters. The number of amides is 1. The molecule has 0 radical (unpaired) electrons. The number of carbonyl (C=O) groups excluding carboxylic acids is 1. The third-order valence-corrected chi connectivity index (χ3v) is 5.58. The zero-order valence-corrected chi connectivity index (χ0v) is 20.1. The van der Waals surface area contributed by atoms with Crippen LogP contribution in [-0.2, 0) is 6.18 Å². The van der Waals surface area contributed by atoms with Gasteiger partial charge in [0, 0.05) is 17.3 Å². The maximum atomic E-state index is 13.8. The first-order chi connectivity index (χ1) is 17.6. The summed E-state index contributed by atoms with van der Waals surface area (Å²) in [7, 11) is 0. The van der Waals surface area contributed by atoms with Crippen molar-refractivity contribution in [2.24, 2.45) is 0 Å². The van der Waals surface area contributed by atoms with Gasteiger partial charge >= 0.3 is 12.3 Å². The number of thiocarbonyl (C=S) groups is 1. The monoisotopic (exact) mass is 528 g/mol. The highest BCUT2D eigenvalue weighted by Crippen LogP contribution is 2.37. The largest absolute Gasteiger partial charge is 0.418 e. The summed E-state index contributed by atoms with van der Waals surface area (Å²) >= 11 is 5.21. The molecule has 4 aromatic rings. The van der Waals surface area contributed by atoms with E-state index in [1.165, 1.54) is 24.4 Å². The normalized spacial score (nSPS) is 12.0. The standard InChI is InChI=1S/C26H20F4N4O2S/c1-15(16-6-8-18(27)9-7-16)32-24(37)33-19-10-11-22(21(14-19)26(28,29)30)34-25(35)36-23-20-5-3-2-4-17(20)12-13-31-23/h2-15H,1H3,(H,34,35)(H2,32,33,37). The average Bonchev–Trinajstić information content (AvgIpc) is 2.85. The van der Waals surface area contributed by atoms with Gasteiger partial charge in [0.05, 0.1) is 17.3 Å². The lowest BCUT2D eigenvalue weighted by molar-refractivity contribution is -0.136. The fourth-order valence-corrected chi connectivity index (χ4v) is 3.86. The van der Waals surface area contributed by atoms with Crippen LogP contribution < -0.4 is 20.7 Å². The van der Waals surface area contributed by atoms with Crippen LogP contribution in [0.4, 0.5) is 33.7 Å². The molecule has 0 saturated heterocycles. The molecular formula is C26H20F4N4O2S. The van der Waals surface area contributed by atoms with Crippen molar-refractivity contribution >= 4 is 45.6 Å². The summed E-state index contributed by atoms with van der Waals surface area (Å²) in [4.78, 5) is 16.4. The molecule has 1 unspecified atom stereocenters. The van der Waals surface area contributed by atoms with E-state index >= 15 is 0 Å². The Morgan fingerprint density at radius 2 is 1.73 bits per heavy atom. The number of aromatic nitrogens is 1. The van der Waals surface area contributed by atoms with Gasteiger partial charge in [0.2, 0.25) is 5.88 Å². The van der Waals surface area contributed by atoms with E-state index in [1.807, 2.05) is 0 Å². The van der Waals surface area contributed by atoms with Gasteiger partial charge < -0.3 is 15.4 Å². The minimum absolute atomic E-state index is 0.0332. The van der Waals surface area contributed by atoms with Crippen LogP contribution in [0.3, 0.4) is 0 Å². The third-order valence-electron chi connectivity index (χ3n) is 5.36. The van der Waals surface area contributed by atoms with Crippen LogP contribution in [0.5, 0.6) is 5.88 Å². The Balaban J connectivity index is 1.47. The maximum Gasteiger partial charge on any atom is 0.418 e. The van der Waals surface area contributed by atoms with Gasteiger partial charge in [-0.25, -0.2) is 14.2 Å². The van der Waals surface area contributed by atoms with Gasteiger partial charge in [0.15, 0.2) is 5.11 Å². The zero-order chi connectivity index (χ0) is 26.6. The molecule has 0 aliphatic heterocycles. The highest BCUT2D eigenvalue weighted by molar-refractivity contribution is 7.80. The van der Waals surface area contributed by atoms with E-state index < -0.39 is 23.5 Å². The van der Waals surface area contributed by atoms with E-state index in [4.69, 9.17) is 17.0 Å². The Bertz CT molecular complexity index is 1440. The number of anilines is 2. The Morgan fingerprint density at radius 3 is 2.46 bits per heavy atom. The van der Waals surface area contributed by atoms with Crippen molar-refractivity contribution in [2.45, 2.75) is 19.1 Å². The van der Waals surface area contributed by atoms with Crippen LogP contribution in [0.2, 0.25) is 0 Å². The summed E-state index contributed by atoms with van der Waals surface area (Å²) in [6.07, 6.45) is -4.48. The molecule has 0 spiro atoms. The number of halogens is 4. The highest BCUT2D eigenvalue weighted by atomic mass is 32.1. The predicted molar refractivity (Wildman–Crippen MR) is 137 cm³/mol. The summed E-state index contributed by atoms with van der Waals surface area (Å²) in [5.74, 6) is -0.420. The van der Waals surface area contributed by atoms with Crippen LogP contribution in [-0.4, -0.2) is 16.2 Å². The number of hydrogen-bond acceptors (Lipinski definition) is 4. The lowest BCUT2D eigenvalue weighted by atomic mass is 10.1. The molecule has 11 heteroatoms. The fraction of sp³-hybridized carbons (Fsp3) is 0.115. The van der Waals surface area contributed by atoms with E-state index in [0.717, 1.165) is 23.1 Å². The summed E-state index contributed by atoms with van der Waals surface area (Å²) in [6, 6.07) is 17.4. The average molecular weight is 529 g/mol. The second kappa shape index (κ2) is 10.8. The van der Waals surface area contributed by atoms with Crippen molar-refractivity contribution < 1.29 is 27.1 Å². The minimum Gasteiger partial charge on any atom is -0.390 e. The van der Waals surface area contributed by atoms with Crippen molar-refractivity contribution in [3.8, 4) is 5.88 Å². The number of ether oxygens (including phenoxy) is 1. The summed E-state index contributed by atoms with van der Waals surface area (Å²) in [5.41, 5.74) is -0.817.